The number of aromatic amines is 1. The van der Waals surface area contributed by atoms with E-state index in [4.69, 9.17) is 17.3 Å². The lowest BCUT2D eigenvalue weighted by Crippen LogP contribution is -2.23. The zero-order valence-corrected chi connectivity index (χ0v) is 13.1. The van der Waals surface area contributed by atoms with Gasteiger partial charge in [-0.25, -0.2) is 8.78 Å². The van der Waals surface area contributed by atoms with Gasteiger partial charge >= 0.3 is 6.18 Å². The summed E-state index contributed by atoms with van der Waals surface area (Å²) in [6.45, 7) is 0. The largest absolute Gasteiger partial charge is 0.433 e. The molecule has 0 spiro atoms. The third kappa shape index (κ3) is 3.32. The maximum atomic E-state index is 13.9. The molecular weight excluding hydrogens is 381 g/mol. The number of hydrogen-bond acceptors (Lipinski definition) is 3. The summed E-state index contributed by atoms with van der Waals surface area (Å²) >= 11 is 5.57. The lowest BCUT2D eigenvalue weighted by Gasteiger charge is -2.30. The van der Waals surface area contributed by atoms with Crippen LogP contribution >= 0.6 is 21.9 Å². The van der Waals surface area contributed by atoms with Crippen molar-refractivity contribution in [2.75, 3.05) is 0 Å². The third-order valence-corrected chi connectivity index (χ3v) is 5.79. The Morgan fingerprint density at radius 3 is 2.50 bits per heavy atom. The predicted molar refractivity (Wildman–Crippen MR) is 76.7 cm³/mol. The zero-order chi connectivity index (χ0) is 18.3. The van der Waals surface area contributed by atoms with Crippen molar-refractivity contribution >= 4 is 27.1 Å². The summed E-state index contributed by atoms with van der Waals surface area (Å²) in [5.41, 5.74) is 2.92. The molecule has 0 saturated heterocycles. The molecule has 0 fully saturated rings. The van der Waals surface area contributed by atoms with Gasteiger partial charge in [0.25, 0.3) is 5.24 Å². The molecule has 1 amide bonds. The Labute approximate surface area is 138 Å². The molecule has 4 N–H and O–H groups in total. The predicted octanol–water partition coefficient (Wildman–Crippen LogP) is 4.28. The minimum absolute atomic E-state index is 0.373. The molecule has 0 radical (unpaired) electrons. The average molecular weight is 390 g/mol. The Morgan fingerprint density at radius 2 is 2.00 bits per heavy atom. The summed E-state index contributed by atoms with van der Waals surface area (Å²) in [4.78, 5) is 10.9. The number of nitrogens with two attached hydrogens (primary N) is 1. The highest BCUT2D eigenvalue weighted by atomic mass is 35.5. The van der Waals surface area contributed by atoms with Gasteiger partial charge in [-0.1, -0.05) is 11.6 Å². The third-order valence-electron chi connectivity index (χ3n) is 3.04. The molecule has 0 aliphatic rings. The first-order valence-corrected chi connectivity index (χ1v) is 8.18. The number of H-pyrrole nitrogens is 1. The molecule has 2 aromatic rings. The number of nitrogens with zero attached hydrogens (tertiary/aromatic N) is 1. The van der Waals surface area contributed by atoms with Crippen LogP contribution in [0, 0.1) is 11.6 Å². The molecule has 132 valence electrons. The molecule has 12 heteroatoms. The van der Waals surface area contributed by atoms with E-state index >= 15 is 0 Å². The molecule has 0 bridgehead atoms. The quantitative estimate of drug-likeness (QED) is 0.684. The first kappa shape index (κ1) is 18.5. The second-order valence-corrected chi connectivity index (χ2v) is 7.50. The zero-order valence-electron chi connectivity index (χ0n) is 11.5. The number of primary amides is 1. The van der Waals surface area contributed by atoms with E-state index in [1.807, 2.05) is 0 Å². The molecule has 0 aliphatic heterocycles. The van der Waals surface area contributed by atoms with Gasteiger partial charge in [-0.2, -0.15) is 18.3 Å². The van der Waals surface area contributed by atoms with Gasteiger partial charge in [-0.05, 0) is 22.4 Å². The minimum Gasteiger partial charge on any atom is -0.360 e. The Hall–Kier alpha value is -1.85. The van der Waals surface area contributed by atoms with E-state index in [0.29, 0.717) is 6.07 Å². The lowest BCUT2D eigenvalue weighted by atomic mass is 10.3. The average Bonchev–Trinajstić information content (AvgIpc) is 2.79. The number of carbonyl (C=O) groups excluding carboxylic acids is 1. The molecule has 1 heterocycles. The number of benzene rings is 1. The van der Waals surface area contributed by atoms with Crippen LogP contribution in [0.5, 0.6) is 0 Å². The van der Waals surface area contributed by atoms with Crippen molar-refractivity contribution < 1.29 is 31.3 Å². The highest BCUT2D eigenvalue weighted by molar-refractivity contribution is 8.40. The molecule has 0 aliphatic carbocycles. The summed E-state index contributed by atoms with van der Waals surface area (Å²) in [6.07, 6.45) is -4.91. The van der Waals surface area contributed by atoms with Crippen LogP contribution in [0.25, 0.3) is 0 Å². The number of carbonyl (C=O) groups is 1. The normalized spacial score (nSPS) is 15.8. The van der Waals surface area contributed by atoms with Gasteiger partial charge in [0.1, 0.15) is 17.3 Å². The molecule has 2 rings (SSSR count). The van der Waals surface area contributed by atoms with Crippen molar-refractivity contribution in [2.24, 2.45) is 5.73 Å². The van der Waals surface area contributed by atoms with Crippen molar-refractivity contribution in [3.8, 4) is 0 Å². The van der Waals surface area contributed by atoms with Crippen LogP contribution < -0.4 is 5.73 Å². The van der Waals surface area contributed by atoms with Crippen LogP contribution in [0.1, 0.15) is 11.3 Å². The van der Waals surface area contributed by atoms with Crippen molar-refractivity contribution in [1.82, 2.24) is 10.2 Å². The second-order valence-electron chi connectivity index (χ2n) is 4.61. The van der Waals surface area contributed by atoms with E-state index in [0.717, 1.165) is 12.1 Å². The topological polar surface area (TPSA) is 92.0 Å². The number of rotatable bonds is 3. The first-order chi connectivity index (χ1) is 11.0. The van der Waals surface area contributed by atoms with Gasteiger partial charge in [0, 0.05) is 17.4 Å². The van der Waals surface area contributed by atoms with E-state index < -0.39 is 60.4 Å². The molecule has 24 heavy (non-hydrogen) atoms. The smallest absolute Gasteiger partial charge is 0.360 e. The fraction of sp³-hybridized carbons (Fsp3) is 0.167. The molecule has 0 saturated carbocycles. The maximum Gasteiger partial charge on any atom is 0.433 e. The molecule has 1 unspecified atom stereocenters. The number of amides is 1. The van der Waals surface area contributed by atoms with Crippen LogP contribution in [-0.2, 0) is 11.9 Å². The first-order valence-electron chi connectivity index (χ1n) is 6.04. The highest BCUT2D eigenvalue weighted by Crippen LogP contribution is 2.57. The number of hydrogen-bond donors (Lipinski definition) is 3. The Morgan fingerprint density at radius 1 is 1.38 bits per heavy atom. The molecular formula is C12H9ClF5N3O2S. The highest BCUT2D eigenvalue weighted by Gasteiger charge is 2.41. The summed E-state index contributed by atoms with van der Waals surface area (Å²) < 4.78 is 76.2. The van der Waals surface area contributed by atoms with Gasteiger partial charge in [-0.15, -0.1) is 0 Å². The van der Waals surface area contributed by atoms with Crippen molar-refractivity contribution in [3.63, 3.8) is 0 Å². The maximum absolute atomic E-state index is 13.9. The van der Waals surface area contributed by atoms with Gasteiger partial charge < -0.3 is 10.3 Å². The van der Waals surface area contributed by atoms with E-state index in [1.165, 1.54) is 0 Å². The second kappa shape index (κ2) is 6.22. The number of aromatic nitrogens is 2. The lowest BCUT2D eigenvalue weighted by molar-refractivity contribution is -0.141. The Balaban J connectivity index is 2.58. The van der Waals surface area contributed by atoms with Gasteiger partial charge in [0.05, 0.1) is 4.90 Å². The number of halogens is 6. The summed E-state index contributed by atoms with van der Waals surface area (Å²) in [5.74, 6) is -3.35. The molecule has 5 nitrogen and oxygen atoms in total. The van der Waals surface area contributed by atoms with Crippen molar-refractivity contribution in [1.29, 1.82) is 0 Å². The fourth-order valence-electron chi connectivity index (χ4n) is 1.92. The number of alkyl halides is 3. The number of nitrogens with one attached hydrogen (secondary N) is 1. The van der Waals surface area contributed by atoms with Crippen LogP contribution in [0.4, 0.5) is 26.7 Å². The summed E-state index contributed by atoms with van der Waals surface area (Å²) in [6, 6.07) is 1.85. The van der Waals surface area contributed by atoms with E-state index in [2.05, 4.69) is 5.10 Å². The molecule has 1 aromatic carbocycles. The van der Waals surface area contributed by atoms with Gasteiger partial charge in [0.2, 0.25) is 0 Å². The molecule has 1 aromatic heterocycles. The summed E-state index contributed by atoms with van der Waals surface area (Å²) in [7, 11) is -3.96. The van der Waals surface area contributed by atoms with Crippen LogP contribution in [0.15, 0.2) is 23.1 Å². The molecule has 1 atom stereocenters. The van der Waals surface area contributed by atoms with Crippen LogP contribution in [-0.4, -0.2) is 20.0 Å². The monoisotopic (exact) mass is 389 g/mol. The SMILES string of the molecule is NC(=O)S(O)(Cc1c(Cl)n[nH]c1C(F)(F)F)c1ccc(F)cc1F. The minimum atomic E-state index is -4.91. The van der Waals surface area contributed by atoms with E-state index in [1.54, 1.807) is 5.10 Å². The van der Waals surface area contributed by atoms with E-state index in [9.17, 15) is 31.3 Å². The van der Waals surface area contributed by atoms with Crippen molar-refractivity contribution in [2.45, 2.75) is 16.8 Å². The standard InChI is InChI=1S/C12H9ClF5N3O2S/c13-10-6(9(20-21-10)12(16,17)18)4-24(23,11(19)22)8-2-1-5(14)3-7(8)15/h1-3,23H,4H2,(H2,19,22)(H,20,21). The van der Waals surface area contributed by atoms with Gasteiger partial charge in [-0.3, -0.25) is 9.89 Å². The van der Waals surface area contributed by atoms with Crippen LogP contribution in [0.3, 0.4) is 0 Å². The summed E-state index contributed by atoms with van der Waals surface area (Å²) in [5, 5.41) is 2.70. The fourth-order valence-corrected chi connectivity index (χ4v) is 4.10. The Kier molecular flexibility index (Phi) is 4.79. The van der Waals surface area contributed by atoms with Crippen LogP contribution in [0.2, 0.25) is 5.15 Å². The Bertz CT molecular complexity index is 797. The van der Waals surface area contributed by atoms with E-state index in [-0.39, 0.29) is 0 Å². The van der Waals surface area contributed by atoms with Crippen molar-refractivity contribution in [3.05, 3.63) is 46.2 Å². The van der Waals surface area contributed by atoms with Gasteiger partial charge in [0.15, 0.2) is 5.15 Å².